The van der Waals surface area contributed by atoms with Crippen molar-refractivity contribution in [2.45, 2.75) is 37.8 Å². The number of Topliss-reactive ketones (excluding diaryl/α,β-unsaturated/α-hetero) is 1. The molecule has 2 aliphatic heterocycles. The van der Waals surface area contributed by atoms with Crippen LogP contribution in [0.1, 0.15) is 25.8 Å². The molecular weight excluding hydrogens is 418 g/mol. The van der Waals surface area contributed by atoms with Crippen molar-refractivity contribution in [3.63, 3.8) is 0 Å². The van der Waals surface area contributed by atoms with Gasteiger partial charge in [0.25, 0.3) is 5.91 Å². The highest BCUT2D eigenvalue weighted by Gasteiger charge is 2.61. The number of likely N-dealkylation sites (tertiary alicyclic amines) is 1. The van der Waals surface area contributed by atoms with Gasteiger partial charge in [-0.15, -0.1) is 0 Å². The van der Waals surface area contributed by atoms with Crippen LogP contribution in [0.25, 0.3) is 0 Å². The summed E-state index contributed by atoms with van der Waals surface area (Å²) in [4.78, 5) is 50.6. The Morgan fingerprint density at radius 1 is 1.22 bits per heavy atom. The van der Waals surface area contributed by atoms with Crippen molar-refractivity contribution in [3.8, 4) is 0 Å². The molecular formula is C22H27N3O7. The molecule has 0 radical (unpaired) electrons. The van der Waals surface area contributed by atoms with Gasteiger partial charge < -0.3 is 24.8 Å². The molecule has 172 valence electrons. The Morgan fingerprint density at radius 2 is 1.94 bits per heavy atom. The van der Waals surface area contributed by atoms with Crippen molar-refractivity contribution in [3.05, 3.63) is 29.8 Å². The number of anilines is 1. The first-order valence-electron chi connectivity index (χ1n) is 10.7. The molecule has 4 rings (SSSR count). The Hall–Kier alpha value is -3.14. The normalized spacial score (nSPS) is 26.9. The van der Waals surface area contributed by atoms with Crippen molar-refractivity contribution < 1.29 is 33.4 Å². The minimum absolute atomic E-state index is 0.108. The Kier molecular flexibility index (Phi) is 5.81. The number of nitrogens with two attached hydrogens (primary N) is 1. The van der Waals surface area contributed by atoms with E-state index in [9.17, 15) is 19.2 Å². The van der Waals surface area contributed by atoms with Crippen molar-refractivity contribution in [1.82, 2.24) is 4.90 Å². The largest absolute Gasteiger partial charge is 0.508 e. The van der Waals surface area contributed by atoms with Crippen molar-refractivity contribution in [1.29, 1.82) is 0 Å². The molecule has 0 bridgehead atoms. The number of ether oxygens (including phenoxy) is 3. The monoisotopic (exact) mass is 445 g/mol. The minimum atomic E-state index is -0.845. The number of cyclic esters (lactones) is 1. The zero-order chi connectivity index (χ0) is 23.0. The minimum Gasteiger partial charge on any atom is -0.442 e. The molecule has 1 aromatic rings. The highest BCUT2D eigenvalue weighted by molar-refractivity contribution is 5.91. The fourth-order valence-corrected chi connectivity index (χ4v) is 4.61. The number of ketones is 1. The third-order valence-corrected chi connectivity index (χ3v) is 6.53. The molecule has 1 aromatic carbocycles. The summed E-state index contributed by atoms with van der Waals surface area (Å²) in [5.74, 6) is -0.115. The lowest BCUT2D eigenvalue weighted by Crippen LogP contribution is -2.43. The highest BCUT2D eigenvalue weighted by Crippen LogP contribution is 2.59. The number of nitrogens with zero attached hydrogens (tertiary/aromatic N) is 2. The second kappa shape index (κ2) is 8.42. The first kappa shape index (κ1) is 22.1. The zero-order valence-corrected chi connectivity index (χ0v) is 18.1. The van der Waals surface area contributed by atoms with E-state index in [4.69, 9.17) is 15.2 Å². The van der Waals surface area contributed by atoms with Gasteiger partial charge in [-0.1, -0.05) is 12.1 Å². The molecule has 10 nitrogen and oxygen atoms in total. The molecule has 2 saturated heterocycles. The van der Waals surface area contributed by atoms with Crippen LogP contribution in [-0.4, -0.2) is 73.8 Å². The van der Waals surface area contributed by atoms with E-state index in [1.54, 1.807) is 11.8 Å². The van der Waals surface area contributed by atoms with E-state index >= 15 is 0 Å². The molecule has 3 fully saturated rings. The van der Waals surface area contributed by atoms with E-state index in [0.29, 0.717) is 24.7 Å². The third kappa shape index (κ3) is 4.02. The summed E-state index contributed by atoms with van der Waals surface area (Å²) < 4.78 is 14.8. The van der Waals surface area contributed by atoms with E-state index in [1.807, 2.05) is 24.3 Å². The van der Waals surface area contributed by atoms with E-state index in [0.717, 1.165) is 12.0 Å². The molecule has 1 saturated carbocycles. The molecule has 2 heterocycles. The van der Waals surface area contributed by atoms with Gasteiger partial charge in [-0.2, -0.15) is 0 Å². The van der Waals surface area contributed by atoms with Crippen molar-refractivity contribution >= 4 is 29.6 Å². The van der Waals surface area contributed by atoms with Crippen LogP contribution in [-0.2, 0) is 29.2 Å². The average Bonchev–Trinajstić information content (AvgIpc) is 3.13. The molecule has 4 atom stereocenters. The molecule has 32 heavy (non-hydrogen) atoms. The summed E-state index contributed by atoms with van der Waals surface area (Å²) in [6.07, 6.45) is -1.06. The lowest BCUT2D eigenvalue weighted by molar-refractivity contribution is -0.134. The van der Waals surface area contributed by atoms with Gasteiger partial charge >= 0.3 is 12.2 Å². The quantitative estimate of drug-likeness (QED) is 0.620. The Balaban J connectivity index is 1.37. The maximum absolute atomic E-state index is 12.4. The molecule has 3 aliphatic rings. The number of benzene rings is 1. The van der Waals surface area contributed by atoms with Gasteiger partial charge in [0.05, 0.1) is 13.2 Å². The molecule has 0 aromatic heterocycles. The summed E-state index contributed by atoms with van der Waals surface area (Å²) >= 11 is 0. The second-order valence-electron chi connectivity index (χ2n) is 8.52. The van der Waals surface area contributed by atoms with Gasteiger partial charge in [0.1, 0.15) is 17.9 Å². The van der Waals surface area contributed by atoms with Crippen LogP contribution in [0.3, 0.4) is 0 Å². The number of hydrogen-bond acceptors (Lipinski definition) is 8. The molecule has 3 unspecified atom stereocenters. The first-order valence-corrected chi connectivity index (χ1v) is 10.7. The number of fused-ring (bicyclic) bond motifs is 1. The second-order valence-corrected chi connectivity index (χ2v) is 8.52. The molecule has 2 N–H and O–H groups in total. The van der Waals surface area contributed by atoms with Gasteiger partial charge in [-0.05, 0) is 43.9 Å². The van der Waals surface area contributed by atoms with Crippen LogP contribution >= 0.6 is 0 Å². The molecule has 0 spiro atoms. The number of rotatable bonds is 7. The number of amides is 2. The Morgan fingerprint density at radius 3 is 2.59 bits per heavy atom. The van der Waals surface area contributed by atoms with E-state index in [1.165, 1.54) is 11.8 Å². The summed E-state index contributed by atoms with van der Waals surface area (Å²) in [7, 11) is 0. The van der Waals surface area contributed by atoms with Crippen LogP contribution in [0.2, 0.25) is 0 Å². The molecule has 2 amide bonds. The van der Waals surface area contributed by atoms with E-state index in [-0.39, 0.29) is 36.9 Å². The van der Waals surface area contributed by atoms with Crippen LogP contribution in [0.4, 0.5) is 15.3 Å². The van der Waals surface area contributed by atoms with Gasteiger partial charge in [-0.3, -0.25) is 14.5 Å². The van der Waals surface area contributed by atoms with Crippen LogP contribution < -0.4 is 10.6 Å². The number of carbonyl (C=O) groups is 4. The number of hydrogen-bond donors (Lipinski definition) is 1. The average molecular weight is 445 g/mol. The maximum Gasteiger partial charge on any atom is 0.508 e. The van der Waals surface area contributed by atoms with E-state index < -0.39 is 24.4 Å². The first-order chi connectivity index (χ1) is 15.2. The third-order valence-electron chi connectivity index (χ3n) is 6.53. The highest BCUT2D eigenvalue weighted by atomic mass is 16.7. The summed E-state index contributed by atoms with van der Waals surface area (Å²) in [5, 5.41) is 0. The zero-order valence-electron chi connectivity index (χ0n) is 18.1. The Labute approximate surface area is 185 Å². The summed E-state index contributed by atoms with van der Waals surface area (Å²) in [6, 6.07) is 6.77. The molecule has 1 aliphatic carbocycles. The number of carbonyl (C=O) groups excluding carboxylic acids is 4. The lowest BCUT2D eigenvalue weighted by atomic mass is 9.94. The smallest absolute Gasteiger partial charge is 0.442 e. The maximum atomic E-state index is 12.4. The van der Waals surface area contributed by atoms with Gasteiger partial charge in [0.2, 0.25) is 0 Å². The summed E-state index contributed by atoms with van der Waals surface area (Å²) in [6.45, 7) is 4.30. The van der Waals surface area contributed by atoms with Crippen LogP contribution in [0, 0.1) is 5.92 Å². The fourth-order valence-electron chi connectivity index (χ4n) is 4.61. The topological polar surface area (TPSA) is 128 Å². The number of piperidine rings is 1. The standard InChI is InChI=1S/C22H27N3O7/c1-3-30-21(29)31-11-18(27)24-9-15-8-22(15,12-24)14-4-6-16(7-5-14)25-10-17(32-20(25)28)19(23)13(2)26/h4-7,15,17,19H,3,8-12,23H2,1-2H3/t15?,17?,19-,22?/m1/s1. The van der Waals surface area contributed by atoms with Crippen LogP contribution in [0.15, 0.2) is 24.3 Å². The van der Waals surface area contributed by atoms with Gasteiger partial charge in [-0.25, -0.2) is 9.59 Å². The molecule has 10 heteroatoms. The van der Waals surface area contributed by atoms with Crippen molar-refractivity contribution in [2.24, 2.45) is 11.7 Å². The summed E-state index contributed by atoms with van der Waals surface area (Å²) in [5.41, 5.74) is 7.48. The van der Waals surface area contributed by atoms with Gasteiger partial charge in [0, 0.05) is 24.2 Å². The predicted molar refractivity (Wildman–Crippen MR) is 112 cm³/mol. The fraction of sp³-hybridized carbons (Fsp3) is 0.545. The van der Waals surface area contributed by atoms with Crippen LogP contribution in [0.5, 0.6) is 0 Å². The predicted octanol–water partition coefficient (Wildman–Crippen LogP) is 1.20. The van der Waals surface area contributed by atoms with E-state index in [2.05, 4.69) is 4.74 Å². The van der Waals surface area contributed by atoms with Gasteiger partial charge in [0.15, 0.2) is 6.61 Å². The lowest BCUT2D eigenvalue weighted by Gasteiger charge is -2.22. The Bertz CT molecular complexity index is 934. The SMILES string of the molecule is CCOC(=O)OCC(=O)N1CC2CC2(c2ccc(N3CC([C@H](N)C(C)=O)OC3=O)cc2)C1. The van der Waals surface area contributed by atoms with Crippen molar-refractivity contribution in [2.75, 3.05) is 37.7 Å².